The molecular formula is C8H8INO3S. The molecule has 0 radical (unpaired) electrons. The summed E-state index contributed by atoms with van der Waals surface area (Å²) in [5.41, 5.74) is 1.08. The number of alkyl halides is 1. The molecule has 2 aliphatic heterocycles. The largest absolute Gasteiger partial charge is 0.477 e. The fourth-order valence-electron chi connectivity index (χ4n) is 1.58. The summed E-state index contributed by atoms with van der Waals surface area (Å²) in [5.74, 6) is -0.309. The van der Waals surface area contributed by atoms with Gasteiger partial charge in [-0.2, -0.15) is 0 Å². The predicted octanol–water partition coefficient (Wildman–Crippen LogP) is 1.07. The first kappa shape index (κ1) is 10.3. The van der Waals surface area contributed by atoms with E-state index in [1.165, 1.54) is 4.90 Å². The number of carboxylic acid groups (broad SMARTS) is 1. The zero-order valence-corrected chi connectivity index (χ0v) is 10.2. The third-order valence-electron chi connectivity index (χ3n) is 2.30. The Balaban J connectivity index is 2.37. The normalized spacial score (nSPS) is 25.9. The van der Waals surface area contributed by atoms with Crippen LogP contribution in [-0.4, -0.2) is 37.4 Å². The third kappa shape index (κ3) is 1.44. The Bertz CT molecular complexity index is 341. The number of hydrogen-bond donors (Lipinski definition) is 1. The number of carboxylic acids is 1. The van der Waals surface area contributed by atoms with Crippen LogP contribution in [0.1, 0.15) is 6.42 Å². The third-order valence-corrected chi connectivity index (χ3v) is 4.49. The standard InChI is InChI=1S/C8H8INO3S/c9-2-4-3-14-6-1-5(11)10(6)7(4)8(12)13/h6H,1-3H2,(H,12,13)/t6-/m0/s1. The zero-order chi connectivity index (χ0) is 10.3. The van der Waals surface area contributed by atoms with Gasteiger partial charge in [-0.05, 0) is 5.57 Å². The number of rotatable bonds is 2. The van der Waals surface area contributed by atoms with Crippen molar-refractivity contribution in [3.8, 4) is 0 Å². The number of hydrogen-bond acceptors (Lipinski definition) is 3. The van der Waals surface area contributed by atoms with E-state index in [4.69, 9.17) is 5.11 Å². The topological polar surface area (TPSA) is 57.6 Å². The van der Waals surface area contributed by atoms with Crippen molar-refractivity contribution in [2.75, 3.05) is 10.2 Å². The lowest BCUT2D eigenvalue weighted by Gasteiger charge is -2.43. The molecule has 0 saturated carbocycles. The molecule has 0 unspecified atom stereocenters. The minimum atomic E-state index is -0.977. The number of aliphatic carboxylic acids is 1. The molecule has 0 aromatic rings. The monoisotopic (exact) mass is 325 g/mol. The summed E-state index contributed by atoms with van der Waals surface area (Å²) in [6, 6.07) is 0. The van der Waals surface area contributed by atoms with E-state index in [1.54, 1.807) is 11.8 Å². The van der Waals surface area contributed by atoms with Gasteiger partial charge in [0.15, 0.2) is 0 Å². The van der Waals surface area contributed by atoms with Gasteiger partial charge in [-0.3, -0.25) is 9.69 Å². The number of amides is 1. The summed E-state index contributed by atoms with van der Waals surface area (Å²) < 4.78 is 0.670. The highest BCUT2D eigenvalue weighted by Crippen LogP contribution is 2.40. The van der Waals surface area contributed by atoms with Crippen molar-refractivity contribution in [1.29, 1.82) is 0 Å². The summed E-state index contributed by atoms with van der Waals surface area (Å²) in [7, 11) is 0. The number of β-lactam (4-membered cyclic amide) rings is 1. The van der Waals surface area contributed by atoms with E-state index in [2.05, 4.69) is 22.6 Å². The Hall–Kier alpha value is -0.240. The Morgan fingerprint density at radius 3 is 2.93 bits per heavy atom. The second-order valence-electron chi connectivity index (χ2n) is 3.12. The molecule has 0 aromatic heterocycles. The highest BCUT2D eigenvalue weighted by molar-refractivity contribution is 14.1. The van der Waals surface area contributed by atoms with Crippen LogP contribution in [0.4, 0.5) is 0 Å². The van der Waals surface area contributed by atoms with Gasteiger partial charge in [0, 0.05) is 10.2 Å². The summed E-state index contributed by atoms with van der Waals surface area (Å²) in [6.45, 7) is 0. The lowest BCUT2D eigenvalue weighted by atomic mass is 10.1. The van der Waals surface area contributed by atoms with Crippen molar-refractivity contribution in [2.24, 2.45) is 0 Å². The van der Waals surface area contributed by atoms with E-state index in [0.717, 1.165) is 11.3 Å². The number of thioether (sulfide) groups is 1. The Morgan fingerprint density at radius 1 is 1.71 bits per heavy atom. The summed E-state index contributed by atoms with van der Waals surface area (Å²) in [5, 5.41) is 9.08. The number of halogens is 1. The van der Waals surface area contributed by atoms with Crippen molar-refractivity contribution >= 4 is 46.2 Å². The van der Waals surface area contributed by atoms with Gasteiger partial charge in [-0.25, -0.2) is 4.79 Å². The van der Waals surface area contributed by atoms with Crippen LogP contribution in [0.5, 0.6) is 0 Å². The minimum absolute atomic E-state index is 0.0676. The molecule has 0 aliphatic carbocycles. The fourth-order valence-corrected chi connectivity index (χ4v) is 3.84. The fraction of sp³-hybridized carbons (Fsp3) is 0.500. The van der Waals surface area contributed by atoms with E-state index in [0.29, 0.717) is 10.8 Å². The van der Waals surface area contributed by atoms with Gasteiger partial charge >= 0.3 is 5.97 Å². The molecule has 4 nitrogen and oxygen atoms in total. The molecule has 14 heavy (non-hydrogen) atoms. The molecule has 0 bridgehead atoms. The molecule has 1 atom stereocenters. The maximum absolute atomic E-state index is 11.3. The second-order valence-corrected chi connectivity index (χ2v) is 5.05. The Kier molecular flexibility index (Phi) is 2.74. The first-order chi connectivity index (χ1) is 6.65. The molecule has 2 heterocycles. The first-order valence-corrected chi connectivity index (χ1v) is 6.67. The molecule has 1 saturated heterocycles. The van der Waals surface area contributed by atoms with Crippen molar-refractivity contribution in [3.63, 3.8) is 0 Å². The van der Waals surface area contributed by atoms with Crippen molar-refractivity contribution < 1.29 is 14.7 Å². The van der Waals surface area contributed by atoms with Crippen molar-refractivity contribution in [2.45, 2.75) is 11.8 Å². The highest BCUT2D eigenvalue weighted by Gasteiger charge is 2.44. The van der Waals surface area contributed by atoms with E-state index in [9.17, 15) is 9.59 Å². The highest BCUT2D eigenvalue weighted by atomic mass is 127. The molecule has 1 N–H and O–H groups in total. The van der Waals surface area contributed by atoms with Gasteiger partial charge in [-0.1, -0.05) is 22.6 Å². The van der Waals surface area contributed by atoms with Crippen LogP contribution in [0.25, 0.3) is 0 Å². The van der Waals surface area contributed by atoms with Gasteiger partial charge in [-0.15, -0.1) is 11.8 Å². The summed E-state index contributed by atoms with van der Waals surface area (Å²) >= 11 is 3.78. The maximum Gasteiger partial charge on any atom is 0.352 e. The van der Waals surface area contributed by atoms with E-state index < -0.39 is 5.97 Å². The van der Waals surface area contributed by atoms with Gasteiger partial charge < -0.3 is 5.11 Å². The molecular weight excluding hydrogens is 317 g/mol. The van der Waals surface area contributed by atoms with E-state index in [-0.39, 0.29) is 17.0 Å². The molecule has 0 aromatic carbocycles. The van der Waals surface area contributed by atoms with Crippen LogP contribution in [0.2, 0.25) is 0 Å². The molecule has 76 valence electrons. The number of carbonyl (C=O) groups is 2. The lowest BCUT2D eigenvalue weighted by molar-refractivity contribution is -0.146. The van der Waals surface area contributed by atoms with Crippen LogP contribution in [0, 0.1) is 0 Å². The molecule has 0 spiro atoms. The number of nitrogens with zero attached hydrogens (tertiary/aromatic N) is 1. The van der Waals surface area contributed by atoms with E-state index >= 15 is 0 Å². The van der Waals surface area contributed by atoms with E-state index in [1.807, 2.05) is 0 Å². The zero-order valence-electron chi connectivity index (χ0n) is 7.20. The van der Waals surface area contributed by atoms with Crippen molar-refractivity contribution in [3.05, 3.63) is 11.3 Å². The van der Waals surface area contributed by atoms with Crippen LogP contribution in [0.15, 0.2) is 11.3 Å². The van der Waals surface area contributed by atoms with Crippen LogP contribution in [0.3, 0.4) is 0 Å². The van der Waals surface area contributed by atoms with Crippen LogP contribution < -0.4 is 0 Å². The van der Waals surface area contributed by atoms with Crippen LogP contribution >= 0.6 is 34.4 Å². The Labute approximate surface area is 98.9 Å². The molecule has 2 rings (SSSR count). The van der Waals surface area contributed by atoms with Gasteiger partial charge in [0.05, 0.1) is 11.8 Å². The molecule has 1 amide bonds. The average molecular weight is 325 g/mol. The summed E-state index contributed by atoms with van der Waals surface area (Å²) in [6.07, 6.45) is 0.482. The number of fused-ring (bicyclic) bond motifs is 1. The SMILES string of the molecule is O=C(O)C1=C(CI)CS[C@H]2CC(=O)N12. The summed E-state index contributed by atoms with van der Waals surface area (Å²) in [4.78, 5) is 23.7. The smallest absolute Gasteiger partial charge is 0.352 e. The predicted molar refractivity (Wildman–Crippen MR) is 61.3 cm³/mol. The van der Waals surface area contributed by atoms with Gasteiger partial charge in [0.1, 0.15) is 5.70 Å². The second kappa shape index (κ2) is 3.73. The van der Waals surface area contributed by atoms with Gasteiger partial charge in [0.2, 0.25) is 5.91 Å². The quantitative estimate of drug-likeness (QED) is 0.469. The molecule has 6 heteroatoms. The Morgan fingerprint density at radius 2 is 2.43 bits per heavy atom. The van der Waals surface area contributed by atoms with Gasteiger partial charge in [0.25, 0.3) is 0 Å². The molecule has 1 fully saturated rings. The lowest BCUT2D eigenvalue weighted by Crippen LogP contribution is -2.54. The molecule has 2 aliphatic rings. The maximum atomic E-state index is 11.3. The minimum Gasteiger partial charge on any atom is -0.477 e. The number of carbonyl (C=O) groups excluding carboxylic acids is 1. The van der Waals surface area contributed by atoms with Crippen molar-refractivity contribution in [1.82, 2.24) is 4.90 Å². The first-order valence-electron chi connectivity index (χ1n) is 4.10. The average Bonchev–Trinajstić information content (AvgIpc) is 2.15. The van der Waals surface area contributed by atoms with Crippen LogP contribution in [-0.2, 0) is 9.59 Å².